The zero-order chi connectivity index (χ0) is 13.0. The van der Waals surface area contributed by atoms with Crippen LogP contribution in [0.1, 0.15) is 22.2 Å². The van der Waals surface area contributed by atoms with Gasteiger partial charge >= 0.3 is 0 Å². The number of carbonyl (C=O) groups excluding carboxylic acids is 1. The number of hydrogen-bond donors (Lipinski definition) is 1. The number of hydrogen-bond acceptors (Lipinski definition) is 4. The molecule has 0 aliphatic carbocycles. The van der Waals surface area contributed by atoms with Gasteiger partial charge in [0, 0.05) is 11.9 Å². The Labute approximate surface area is 111 Å². The number of thiazole rings is 1. The molecule has 18 heavy (non-hydrogen) atoms. The molecule has 4 heteroatoms. The summed E-state index contributed by atoms with van der Waals surface area (Å²) >= 11 is 1.57. The number of benzene rings is 1. The number of aromatic nitrogens is 1. The molecule has 2 N–H and O–H groups in total. The van der Waals surface area contributed by atoms with Gasteiger partial charge in [-0.25, -0.2) is 4.98 Å². The smallest absolute Gasteiger partial charge is 0.147 e. The molecular weight excluding hydrogens is 244 g/mol. The Hall–Kier alpha value is -1.52. The molecule has 0 saturated heterocycles. The molecule has 1 heterocycles. The van der Waals surface area contributed by atoms with Gasteiger partial charge in [-0.3, -0.25) is 4.79 Å². The zero-order valence-electron chi connectivity index (χ0n) is 10.3. The third-order valence-corrected chi connectivity index (χ3v) is 3.67. The monoisotopic (exact) mass is 260 g/mol. The van der Waals surface area contributed by atoms with Gasteiger partial charge in [0.1, 0.15) is 5.78 Å². The van der Waals surface area contributed by atoms with Crippen LogP contribution < -0.4 is 5.73 Å². The van der Waals surface area contributed by atoms with E-state index in [0.29, 0.717) is 13.0 Å². The average molecular weight is 260 g/mol. The molecule has 94 valence electrons. The van der Waals surface area contributed by atoms with Crippen molar-refractivity contribution >= 4 is 17.1 Å². The first-order chi connectivity index (χ1) is 8.70. The average Bonchev–Trinajstić information content (AvgIpc) is 2.77. The summed E-state index contributed by atoms with van der Waals surface area (Å²) in [5.74, 6) is -0.0952. The quantitative estimate of drug-likeness (QED) is 0.897. The van der Waals surface area contributed by atoms with Crippen molar-refractivity contribution in [3.8, 4) is 0 Å². The van der Waals surface area contributed by atoms with Gasteiger partial charge in [0.25, 0.3) is 0 Å². The summed E-state index contributed by atoms with van der Waals surface area (Å²) in [5, 5.41) is 2.92. The van der Waals surface area contributed by atoms with E-state index < -0.39 is 0 Å². The molecule has 1 aromatic heterocycles. The maximum Gasteiger partial charge on any atom is 0.147 e. The van der Waals surface area contributed by atoms with Crippen LogP contribution in [0.15, 0.2) is 35.7 Å². The second-order valence-corrected chi connectivity index (χ2v) is 5.26. The van der Waals surface area contributed by atoms with E-state index in [1.165, 1.54) is 0 Å². The SMILES string of the molecule is Cc1nc(CC(=O)C(CN)c2ccccc2)cs1. The van der Waals surface area contributed by atoms with Crippen molar-refractivity contribution in [2.45, 2.75) is 19.3 Å². The van der Waals surface area contributed by atoms with E-state index in [2.05, 4.69) is 4.98 Å². The second kappa shape index (κ2) is 5.89. The van der Waals surface area contributed by atoms with Crippen molar-refractivity contribution < 1.29 is 4.79 Å². The lowest BCUT2D eigenvalue weighted by Gasteiger charge is -2.13. The first-order valence-electron chi connectivity index (χ1n) is 5.89. The lowest BCUT2D eigenvalue weighted by atomic mass is 9.92. The molecule has 2 aromatic rings. The van der Waals surface area contributed by atoms with Gasteiger partial charge in [0.15, 0.2) is 0 Å². The van der Waals surface area contributed by atoms with Gasteiger partial charge in [-0.15, -0.1) is 11.3 Å². The van der Waals surface area contributed by atoms with E-state index in [1.54, 1.807) is 11.3 Å². The van der Waals surface area contributed by atoms with E-state index in [-0.39, 0.29) is 11.7 Å². The summed E-state index contributed by atoms with van der Waals surface area (Å²) in [4.78, 5) is 16.6. The number of nitrogens with zero attached hydrogens (tertiary/aromatic N) is 1. The lowest BCUT2D eigenvalue weighted by molar-refractivity contribution is -0.119. The number of rotatable bonds is 5. The maximum absolute atomic E-state index is 12.2. The van der Waals surface area contributed by atoms with Crippen LogP contribution in [0.25, 0.3) is 0 Å². The Morgan fingerprint density at radius 1 is 1.39 bits per heavy atom. The van der Waals surface area contributed by atoms with E-state index >= 15 is 0 Å². The fourth-order valence-corrected chi connectivity index (χ4v) is 2.54. The predicted octanol–water partition coefficient (Wildman–Crippen LogP) is 2.31. The minimum atomic E-state index is -0.229. The Morgan fingerprint density at radius 2 is 2.11 bits per heavy atom. The van der Waals surface area contributed by atoms with Gasteiger partial charge in [0.05, 0.1) is 23.0 Å². The first-order valence-corrected chi connectivity index (χ1v) is 6.77. The number of Topliss-reactive ketones (excluding diaryl/α,β-unsaturated/α-hetero) is 1. The molecule has 1 atom stereocenters. The second-order valence-electron chi connectivity index (χ2n) is 4.20. The Kier molecular flexibility index (Phi) is 4.23. The number of carbonyl (C=O) groups is 1. The van der Waals surface area contributed by atoms with Crippen LogP contribution in [0.3, 0.4) is 0 Å². The summed E-state index contributed by atoms with van der Waals surface area (Å²) in [5.41, 5.74) is 7.55. The van der Waals surface area contributed by atoms with Crippen molar-refractivity contribution in [1.82, 2.24) is 4.98 Å². The molecule has 0 aliphatic heterocycles. The summed E-state index contributed by atoms with van der Waals surface area (Å²) < 4.78 is 0. The van der Waals surface area contributed by atoms with Crippen LogP contribution in [0.4, 0.5) is 0 Å². The molecule has 0 radical (unpaired) electrons. The molecule has 0 spiro atoms. The zero-order valence-corrected chi connectivity index (χ0v) is 11.1. The highest BCUT2D eigenvalue weighted by atomic mass is 32.1. The Morgan fingerprint density at radius 3 is 2.67 bits per heavy atom. The lowest BCUT2D eigenvalue weighted by Crippen LogP contribution is -2.23. The standard InChI is InChI=1S/C14H16N2OS/c1-10-16-12(9-18-10)7-14(17)13(8-15)11-5-3-2-4-6-11/h2-6,9,13H,7-8,15H2,1H3. The topological polar surface area (TPSA) is 56.0 Å². The van der Waals surface area contributed by atoms with Crippen LogP contribution in [0, 0.1) is 6.92 Å². The Balaban J connectivity index is 2.11. The van der Waals surface area contributed by atoms with Crippen LogP contribution in [-0.2, 0) is 11.2 Å². The van der Waals surface area contributed by atoms with E-state index in [4.69, 9.17) is 5.73 Å². The van der Waals surface area contributed by atoms with Crippen molar-refractivity contribution in [2.24, 2.45) is 5.73 Å². The number of ketones is 1. The van der Waals surface area contributed by atoms with Crippen LogP contribution in [-0.4, -0.2) is 17.3 Å². The fraction of sp³-hybridized carbons (Fsp3) is 0.286. The van der Waals surface area contributed by atoms with Gasteiger partial charge < -0.3 is 5.73 Å². The number of nitrogens with two attached hydrogens (primary N) is 1. The fourth-order valence-electron chi connectivity index (χ4n) is 1.93. The minimum absolute atomic E-state index is 0.133. The van der Waals surface area contributed by atoms with Crippen LogP contribution in [0.5, 0.6) is 0 Å². The van der Waals surface area contributed by atoms with Gasteiger partial charge in [0.2, 0.25) is 0 Å². The summed E-state index contributed by atoms with van der Waals surface area (Å²) in [6.07, 6.45) is 0.362. The minimum Gasteiger partial charge on any atom is -0.329 e. The summed E-state index contributed by atoms with van der Waals surface area (Å²) in [6, 6.07) is 9.69. The summed E-state index contributed by atoms with van der Waals surface area (Å²) in [7, 11) is 0. The van der Waals surface area contributed by atoms with E-state index in [9.17, 15) is 4.79 Å². The molecule has 1 aromatic carbocycles. The van der Waals surface area contributed by atoms with Crippen LogP contribution in [0.2, 0.25) is 0 Å². The third-order valence-electron chi connectivity index (χ3n) is 2.85. The third kappa shape index (κ3) is 3.03. The molecule has 1 unspecified atom stereocenters. The number of aryl methyl sites for hydroxylation is 1. The van der Waals surface area contributed by atoms with Crippen molar-refractivity contribution in [1.29, 1.82) is 0 Å². The molecule has 0 bridgehead atoms. The van der Waals surface area contributed by atoms with Crippen molar-refractivity contribution in [2.75, 3.05) is 6.54 Å². The van der Waals surface area contributed by atoms with Crippen LogP contribution >= 0.6 is 11.3 Å². The molecular formula is C14H16N2OS. The highest BCUT2D eigenvalue weighted by molar-refractivity contribution is 7.09. The Bertz CT molecular complexity index is 522. The molecule has 3 nitrogen and oxygen atoms in total. The normalized spacial score (nSPS) is 12.3. The molecule has 2 rings (SSSR count). The highest BCUT2D eigenvalue weighted by Gasteiger charge is 2.19. The predicted molar refractivity (Wildman–Crippen MR) is 73.8 cm³/mol. The summed E-state index contributed by atoms with van der Waals surface area (Å²) in [6.45, 7) is 2.28. The van der Waals surface area contributed by atoms with E-state index in [0.717, 1.165) is 16.3 Å². The largest absolute Gasteiger partial charge is 0.329 e. The first kappa shape index (κ1) is 12.9. The van der Waals surface area contributed by atoms with Gasteiger partial charge in [-0.2, -0.15) is 0 Å². The van der Waals surface area contributed by atoms with Crippen molar-refractivity contribution in [3.05, 3.63) is 52.0 Å². The maximum atomic E-state index is 12.2. The van der Waals surface area contributed by atoms with Gasteiger partial charge in [-0.1, -0.05) is 30.3 Å². The molecule has 0 aliphatic rings. The highest BCUT2D eigenvalue weighted by Crippen LogP contribution is 2.18. The molecule has 0 amide bonds. The van der Waals surface area contributed by atoms with E-state index in [1.807, 2.05) is 42.6 Å². The van der Waals surface area contributed by atoms with Crippen molar-refractivity contribution in [3.63, 3.8) is 0 Å². The molecule has 0 saturated carbocycles. The molecule has 0 fully saturated rings. The van der Waals surface area contributed by atoms with Gasteiger partial charge in [-0.05, 0) is 12.5 Å².